The molecule has 0 radical (unpaired) electrons. The van der Waals surface area contributed by atoms with Crippen LogP contribution in [0.15, 0.2) is 17.8 Å². The zero-order chi connectivity index (χ0) is 19.1. The van der Waals surface area contributed by atoms with E-state index in [2.05, 4.69) is 6.07 Å². The van der Waals surface area contributed by atoms with Gasteiger partial charge < -0.3 is 9.64 Å². The fraction of sp³-hybridized carbons (Fsp3) is 0.421. The Balaban J connectivity index is 2.39. The van der Waals surface area contributed by atoms with Gasteiger partial charge in [-0.3, -0.25) is 14.4 Å². The second kappa shape index (κ2) is 6.46. The molecule has 0 spiro atoms. The van der Waals surface area contributed by atoms with E-state index >= 15 is 0 Å². The minimum Gasteiger partial charge on any atom is -0.481 e. The van der Waals surface area contributed by atoms with Crippen molar-refractivity contribution >= 4 is 18.0 Å². The summed E-state index contributed by atoms with van der Waals surface area (Å²) in [5.74, 6) is 0.553. The quantitative estimate of drug-likeness (QED) is 0.611. The average Bonchev–Trinajstić information content (AvgIpc) is 3.02. The maximum absolute atomic E-state index is 12.5. The van der Waals surface area contributed by atoms with Crippen LogP contribution in [0.4, 0.5) is 0 Å². The van der Waals surface area contributed by atoms with Crippen molar-refractivity contribution in [1.82, 2.24) is 9.96 Å². The lowest BCUT2D eigenvalue weighted by atomic mass is 9.90. The van der Waals surface area contributed by atoms with Crippen molar-refractivity contribution in [2.24, 2.45) is 0 Å². The highest BCUT2D eigenvalue weighted by Gasteiger charge is 2.43. The highest BCUT2D eigenvalue weighted by Crippen LogP contribution is 2.46. The van der Waals surface area contributed by atoms with E-state index in [0.717, 1.165) is 11.5 Å². The first-order valence-corrected chi connectivity index (χ1v) is 8.42. The van der Waals surface area contributed by atoms with Gasteiger partial charge in [-0.15, -0.1) is 0 Å². The van der Waals surface area contributed by atoms with E-state index in [9.17, 15) is 14.9 Å². The van der Waals surface area contributed by atoms with Crippen molar-refractivity contribution in [1.29, 1.82) is 5.26 Å². The lowest BCUT2D eigenvalue weighted by molar-refractivity contribution is -0.157. The molecular weight excluding hydrogens is 334 g/mol. The molecule has 2 amide bonds. The van der Waals surface area contributed by atoms with Crippen LogP contribution < -0.4 is 4.74 Å². The van der Waals surface area contributed by atoms with Crippen LogP contribution in [0.5, 0.6) is 5.75 Å². The molecule has 1 saturated heterocycles. The Kier molecular flexibility index (Phi) is 4.46. The first kappa shape index (κ1) is 18.0. The van der Waals surface area contributed by atoms with Gasteiger partial charge in [0, 0.05) is 18.5 Å². The van der Waals surface area contributed by atoms with Crippen LogP contribution >= 0.6 is 0 Å². The minimum absolute atomic E-state index is 0.0233. The molecule has 26 heavy (non-hydrogen) atoms. The number of likely N-dealkylation sites (tertiary alicyclic amines) is 1. The number of hydroxylamine groups is 2. The minimum atomic E-state index is -0.914. The highest BCUT2D eigenvalue weighted by molar-refractivity contribution is 5.93. The van der Waals surface area contributed by atoms with E-state index in [4.69, 9.17) is 9.57 Å². The molecule has 7 heteroatoms. The van der Waals surface area contributed by atoms with Gasteiger partial charge in [0.05, 0.1) is 24.4 Å². The molecule has 7 nitrogen and oxygen atoms in total. The average molecular weight is 355 g/mol. The zero-order valence-electron chi connectivity index (χ0n) is 15.3. The number of hydrogen-bond acceptors (Lipinski definition) is 5. The Morgan fingerprint density at radius 2 is 2.15 bits per heavy atom. The summed E-state index contributed by atoms with van der Waals surface area (Å²) >= 11 is 0. The van der Waals surface area contributed by atoms with Gasteiger partial charge in [-0.1, -0.05) is 0 Å². The van der Waals surface area contributed by atoms with Crippen LogP contribution in [0.1, 0.15) is 43.4 Å². The SMILES string of the molecule is CON(C=O)C1=C(N2CCCC2=O)c2c(ccc(C#N)c2C)OC1(C)C. The summed E-state index contributed by atoms with van der Waals surface area (Å²) in [5.41, 5.74) is 1.94. The topological polar surface area (TPSA) is 82.9 Å². The summed E-state index contributed by atoms with van der Waals surface area (Å²) in [7, 11) is 1.38. The number of carbonyl (C=O) groups excluding carboxylic acids is 2. The molecule has 1 aromatic carbocycles. The number of nitrogens with zero attached hydrogens (tertiary/aromatic N) is 3. The van der Waals surface area contributed by atoms with Gasteiger partial charge in [-0.2, -0.15) is 10.3 Å². The molecular formula is C19H21N3O4. The summed E-state index contributed by atoms with van der Waals surface area (Å²) < 4.78 is 6.14. The van der Waals surface area contributed by atoms with Crippen molar-refractivity contribution in [2.45, 2.75) is 39.2 Å². The molecule has 0 aromatic heterocycles. The Morgan fingerprint density at radius 1 is 1.42 bits per heavy atom. The second-order valence-corrected chi connectivity index (χ2v) is 6.80. The van der Waals surface area contributed by atoms with Gasteiger partial charge in [0.25, 0.3) is 0 Å². The maximum atomic E-state index is 12.5. The van der Waals surface area contributed by atoms with Crippen LogP contribution in [0, 0.1) is 18.3 Å². The standard InChI is InChI=1S/C19H21N3O4/c1-12-13(10-20)7-8-14-16(12)17(21-9-5-6-15(21)24)18(19(2,3)26-14)22(11-23)25-4/h7-8,11H,5-6,9H2,1-4H3. The van der Waals surface area contributed by atoms with Crippen molar-refractivity contribution in [3.8, 4) is 11.8 Å². The van der Waals surface area contributed by atoms with Crippen molar-refractivity contribution in [2.75, 3.05) is 13.7 Å². The van der Waals surface area contributed by atoms with E-state index < -0.39 is 5.60 Å². The van der Waals surface area contributed by atoms with Gasteiger partial charge in [0.15, 0.2) is 0 Å². The normalized spacial score (nSPS) is 18.3. The lowest BCUT2D eigenvalue weighted by Gasteiger charge is -2.41. The summed E-state index contributed by atoms with van der Waals surface area (Å²) in [6.45, 7) is 5.98. The van der Waals surface area contributed by atoms with Gasteiger partial charge in [0.2, 0.25) is 12.3 Å². The largest absolute Gasteiger partial charge is 0.481 e. The molecule has 0 atom stereocenters. The Labute approximate surface area is 152 Å². The number of benzene rings is 1. The van der Waals surface area contributed by atoms with E-state index in [1.807, 2.05) is 20.8 Å². The Morgan fingerprint density at radius 3 is 2.69 bits per heavy atom. The van der Waals surface area contributed by atoms with Crippen LogP contribution in [-0.2, 0) is 14.4 Å². The van der Waals surface area contributed by atoms with Crippen LogP contribution in [-0.4, -0.2) is 41.5 Å². The predicted octanol–water partition coefficient (Wildman–Crippen LogP) is 2.35. The van der Waals surface area contributed by atoms with E-state index in [-0.39, 0.29) is 5.91 Å². The van der Waals surface area contributed by atoms with Crippen LogP contribution in [0.3, 0.4) is 0 Å². The molecule has 0 aliphatic carbocycles. The van der Waals surface area contributed by atoms with E-state index in [1.165, 1.54) is 7.11 Å². The van der Waals surface area contributed by atoms with Gasteiger partial charge >= 0.3 is 0 Å². The second-order valence-electron chi connectivity index (χ2n) is 6.80. The van der Waals surface area contributed by atoms with Gasteiger partial charge in [-0.05, 0) is 44.9 Å². The predicted molar refractivity (Wildman–Crippen MR) is 93.4 cm³/mol. The van der Waals surface area contributed by atoms with E-state index in [1.54, 1.807) is 17.0 Å². The van der Waals surface area contributed by atoms with Crippen molar-refractivity contribution in [3.05, 3.63) is 34.5 Å². The molecule has 0 saturated carbocycles. The molecule has 1 fully saturated rings. The zero-order valence-corrected chi connectivity index (χ0v) is 15.3. The van der Waals surface area contributed by atoms with Crippen molar-refractivity contribution in [3.63, 3.8) is 0 Å². The maximum Gasteiger partial charge on any atom is 0.238 e. The number of carbonyl (C=O) groups is 2. The number of fused-ring (bicyclic) bond motifs is 1. The van der Waals surface area contributed by atoms with Crippen molar-refractivity contribution < 1.29 is 19.2 Å². The highest BCUT2D eigenvalue weighted by atomic mass is 16.7. The van der Waals surface area contributed by atoms with E-state index in [0.29, 0.717) is 53.2 Å². The summed E-state index contributed by atoms with van der Waals surface area (Å²) in [6, 6.07) is 5.60. The fourth-order valence-corrected chi connectivity index (χ4v) is 3.62. The molecule has 0 unspecified atom stereocenters. The monoisotopic (exact) mass is 355 g/mol. The lowest BCUT2D eigenvalue weighted by Crippen LogP contribution is -2.45. The van der Waals surface area contributed by atoms with Gasteiger partial charge in [-0.25, -0.2) is 0 Å². The van der Waals surface area contributed by atoms with Gasteiger partial charge in [0.1, 0.15) is 17.0 Å². The summed E-state index contributed by atoms with van der Waals surface area (Å²) in [5, 5.41) is 10.5. The Hall–Kier alpha value is -2.85. The molecule has 0 N–H and O–H groups in total. The smallest absolute Gasteiger partial charge is 0.238 e. The molecule has 3 rings (SSSR count). The third-order valence-electron chi connectivity index (χ3n) is 4.80. The first-order chi connectivity index (χ1) is 12.4. The van der Waals surface area contributed by atoms with Crippen LogP contribution in [0.2, 0.25) is 0 Å². The molecule has 2 aliphatic heterocycles. The summed E-state index contributed by atoms with van der Waals surface area (Å²) in [6.07, 6.45) is 1.73. The Bertz CT molecular complexity index is 851. The molecule has 0 bridgehead atoms. The molecule has 1 aromatic rings. The molecule has 136 valence electrons. The number of ether oxygens (including phenoxy) is 1. The number of nitriles is 1. The first-order valence-electron chi connectivity index (χ1n) is 8.42. The fourth-order valence-electron chi connectivity index (χ4n) is 3.62. The molecule has 2 aliphatic rings. The third kappa shape index (κ3) is 2.63. The molecule has 2 heterocycles. The number of hydrogen-bond donors (Lipinski definition) is 0. The summed E-state index contributed by atoms with van der Waals surface area (Å²) in [4.78, 5) is 31.1. The van der Waals surface area contributed by atoms with Crippen LogP contribution in [0.25, 0.3) is 5.70 Å². The number of amides is 2. The third-order valence-corrected chi connectivity index (χ3v) is 4.80. The number of rotatable bonds is 4.